The molecule has 1 heteroatoms. The van der Waals surface area contributed by atoms with Gasteiger partial charge < -0.3 is 4.74 Å². The molecule has 0 amide bonds. The van der Waals surface area contributed by atoms with Gasteiger partial charge in [0.2, 0.25) is 0 Å². The highest BCUT2D eigenvalue weighted by Gasteiger charge is 2.55. The lowest BCUT2D eigenvalue weighted by Gasteiger charge is -2.46. The standard InChI is InChI=1S/C10H18O/c1-5-6(2)10-8(4)11-7(3)9(5)10/h5-10H,1-4H3/t5-,6+,7+,8?,9?,10?/m1/s1. The maximum Gasteiger partial charge on any atom is 0.0585 e. The van der Waals surface area contributed by atoms with Crippen LogP contribution in [0.2, 0.25) is 0 Å². The zero-order valence-electron chi connectivity index (χ0n) is 7.87. The van der Waals surface area contributed by atoms with Crippen molar-refractivity contribution in [2.45, 2.75) is 39.9 Å². The molecule has 2 aliphatic rings. The molecule has 1 aliphatic heterocycles. The van der Waals surface area contributed by atoms with Gasteiger partial charge in [-0.2, -0.15) is 0 Å². The second-order valence-electron chi connectivity index (χ2n) is 4.42. The van der Waals surface area contributed by atoms with Crippen LogP contribution in [0.4, 0.5) is 0 Å². The molecule has 0 radical (unpaired) electrons. The van der Waals surface area contributed by atoms with Gasteiger partial charge in [0.05, 0.1) is 12.2 Å². The first-order valence-electron chi connectivity index (χ1n) is 4.78. The Morgan fingerprint density at radius 3 is 1.45 bits per heavy atom. The molecule has 2 rings (SSSR count). The summed E-state index contributed by atoms with van der Waals surface area (Å²) in [5.74, 6) is 3.50. The van der Waals surface area contributed by atoms with Crippen LogP contribution in [0.15, 0.2) is 0 Å². The fourth-order valence-electron chi connectivity index (χ4n) is 3.26. The third kappa shape index (κ3) is 0.807. The lowest BCUT2D eigenvalue weighted by Crippen LogP contribution is -2.46. The first kappa shape index (κ1) is 7.60. The quantitative estimate of drug-likeness (QED) is 0.520. The van der Waals surface area contributed by atoms with E-state index in [2.05, 4.69) is 27.7 Å². The molecule has 1 heterocycles. The molecule has 1 saturated carbocycles. The number of hydrogen-bond donors (Lipinski definition) is 0. The summed E-state index contributed by atoms with van der Waals surface area (Å²) < 4.78 is 5.79. The van der Waals surface area contributed by atoms with Crippen molar-refractivity contribution in [2.24, 2.45) is 23.7 Å². The molecule has 1 saturated heterocycles. The van der Waals surface area contributed by atoms with Gasteiger partial charge in [0, 0.05) is 0 Å². The highest BCUT2D eigenvalue weighted by Crippen LogP contribution is 2.54. The molecule has 0 aromatic rings. The van der Waals surface area contributed by atoms with E-state index in [1.54, 1.807) is 0 Å². The Balaban J connectivity index is 2.14. The van der Waals surface area contributed by atoms with Crippen molar-refractivity contribution >= 4 is 0 Å². The zero-order valence-corrected chi connectivity index (χ0v) is 7.87. The summed E-state index contributed by atoms with van der Waals surface area (Å²) >= 11 is 0. The van der Waals surface area contributed by atoms with Crippen molar-refractivity contribution in [3.05, 3.63) is 0 Å². The minimum absolute atomic E-state index is 0.515. The van der Waals surface area contributed by atoms with Gasteiger partial charge in [-0.1, -0.05) is 13.8 Å². The van der Waals surface area contributed by atoms with Crippen molar-refractivity contribution in [1.82, 2.24) is 0 Å². The summed E-state index contributed by atoms with van der Waals surface area (Å²) in [6.45, 7) is 9.18. The monoisotopic (exact) mass is 154 g/mol. The highest BCUT2D eigenvalue weighted by atomic mass is 16.5. The third-order valence-electron chi connectivity index (χ3n) is 4.00. The Hall–Kier alpha value is -0.0400. The largest absolute Gasteiger partial charge is 0.375 e. The predicted molar refractivity (Wildman–Crippen MR) is 45.3 cm³/mol. The lowest BCUT2D eigenvalue weighted by atomic mass is 9.56. The normalized spacial score (nSPS) is 62.2. The first-order valence-corrected chi connectivity index (χ1v) is 4.78. The summed E-state index contributed by atoms with van der Waals surface area (Å²) in [5.41, 5.74) is 0. The van der Waals surface area contributed by atoms with Crippen LogP contribution in [0.1, 0.15) is 27.7 Å². The third-order valence-corrected chi connectivity index (χ3v) is 4.00. The maximum atomic E-state index is 5.79. The van der Waals surface area contributed by atoms with E-state index in [4.69, 9.17) is 4.74 Å². The van der Waals surface area contributed by atoms with Crippen molar-refractivity contribution in [1.29, 1.82) is 0 Å². The average molecular weight is 154 g/mol. The van der Waals surface area contributed by atoms with Crippen molar-refractivity contribution in [3.63, 3.8) is 0 Å². The van der Waals surface area contributed by atoms with Gasteiger partial charge in [-0.3, -0.25) is 0 Å². The fourth-order valence-corrected chi connectivity index (χ4v) is 3.26. The SMILES string of the molecule is CC1O[C@@H](C)C2C1[C@@H](C)[C@H]2C. The maximum absolute atomic E-state index is 5.79. The Kier molecular flexibility index (Phi) is 1.54. The zero-order chi connectivity index (χ0) is 8.17. The van der Waals surface area contributed by atoms with E-state index < -0.39 is 0 Å². The molecule has 0 spiro atoms. The molecule has 2 fully saturated rings. The fraction of sp³-hybridized carbons (Fsp3) is 1.00. The van der Waals surface area contributed by atoms with Crippen LogP contribution < -0.4 is 0 Å². The van der Waals surface area contributed by atoms with Crippen LogP contribution in [-0.4, -0.2) is 12.2 Å². The minimum Gasteiger partial charge on any atom is -0.375 e. The Bertz CT molecular complexity index is 140. The Morgan fingerprint density at radius 2 is 1.09 bits per heavy atom. The number of hydrogen-bond acceptors (Lipinski definition) is 1. The number of ether oxygens (including phenoxy) is 1. The van der Waals surface area contributed by atoms with Crippen molar-refractivity contribution in [3.8, 4) is 0 Å². The second kappa shape index (κ2) is 2.22. The van der Waals surface area contributed by atoms with E-state index in [0.29, 0.717) is 12.2 Å². The van der Waals surface area contributed by atoms with Gasteiger partial charge in [0.25, 0.3) is 0 Å². The Labute approximate surface area is 69.1 Å². The van der Waals surface area contributed by atoms with Crippen LogP contribution in [0.5, 0.6) is 0 Å². The van der Waals surface area contributed by atoms with Gasteiger partial charge in [-0.15, -0.1) is 0 Å². The Morgan fingerprint density at radius 1 is 0.727 bits per heavy atom. The lowest BCUT2D eigenvalue weighted by molar-refractivity contribution is 0.0172. The molecule has 64 valence electrons. The topological polar surface area (TPSA) is 9.23 Å². The van der Waals surface area contributed by atoms with E-state index in [1.807, 2.05) is 0 Å². The van der Waals surface area contributed by atoms with Crippen LogP contribution in [0.3, 0.4) is 0 Å². The number of fused-ring (bicyclic) bond motifs is 1. The van der Waals surface area contributed by atoms with E-state index in [9.17, 15) is 0 Å². The molecule has 11 heavy (non-hydrogen) atoms. The first-order chi connectivity index (χ1) is 5.13. The molecule has 1 nitrogen and oxygen atoms in total. The summed E-state index contributed by atoms with van der Waals surface area (Å²) in [7, 11) is 0. The van der Waals surface area contributed by atoms with Gasteiger partial charge in [-0.25, -0.2) is 0 Å². The van der Waals surface area contributed by atoms with E-state index in [0.717, 1.165) is 23.7 Å². The molecule has 6 atom stereocenters. The van der Waals surface area contributed by atoms with Gasteiger partial charge >= 0.3 is 0 Å². The molecule has 0 bridgehead atoms. The van der Waals surface area contributed by atoms with Crippen LogP contribution in [0.25, 0.3) is 0 Å². The van der Waals surface area contributed by atoms with Crippen LogP contribution in [0, 0.1) is 23.7 Å². The van der Waals surface area contributed by atoms with Crippen LogP contribution in [-0.2, 0) is 4.74 Å². The van der Waals surface area contributed by atoms with Gasteiger partial charge in [0.1, 0.15) is 0 Å². The molecular weight excluding hydrogens is 136 g/mol. The minimum atomic E-state index is 0.515. The molecule has 0 aromatic heterocycles. The smallest absolute Gasteiger partial charge is 0.0585 e. The molecule has 0 aromatic carbocycles. The molecule has 0 N–H and O–H groups in total. The molecule has 3 unspecified atom stereocenters. The molecular formula is C10H18O. The summed E-state index contributed by atoms with van der Waals surface area (Å²) in [6, 6.07) is 0. The van der Waals surface area contributed by atoms with Crippen molar-refractivity contribution in [2.75, 3.05) is 0 Å². The van der Waals surface area contributed by atoms with Gasteiger partial charge in [0.15, 0.2) is 0 Å². The summed E-state index contributed by atoms with van der Waals surface area (Å²) in [5, 5.41) is 0. The summed E-state index contributed by atoms with van der Waals surface area (Å²) in [6.07, 6.45) is 1.03. The second-order valence-corrected chi connectivity index (χ2v) is 4.42. The van der Waals surface area contributed by atoms with E-state index in [1.165, 1.54) is 0 Å². The summed E-state index contributed by atoms with van der Waals surface area (Å²) in [4.78, 5) is 0. The van der Waals surface area contributed by atoms with Crippen LogP contribution >= 0.6 is 0 Å². The highest BCUT2D eigenvalue weighted by molar-refractivity contribution is 5.02. The van der Waals surface area contributed by atoms with Crippen molar-refractivity contribution < 1.29 is 4.74 Å². The predicted octanol–water partition coefficient (Wildman–Crippen LogP) is 2.31. The van der Waals surface area contributed by atoms with Gasteiger partial charge in [-0.05, 0) is 37.5 Å². The number of rotatable bonds is 0. The van der Waals surface area contributed by atoms with E-state index in [-0.39, 0.29) is 0 Å². The average Bonchev–Trinajstić information content (AvgIpc) is 2.21. The molecule has 1 aliphatic carbocycles. The van der Waals surface area contributed by atoms with E-state index >= 15 is 0 Å².